The fourth-order valence-corrected chi connectivity index (χ4v) is 3.90. The molecule has 4 rings (SSSR count). The fraction of sp³-hybridized carbons (Fsp3) is 0.333. The number of amides is 1. The molecular weight excluding hydrogens is 403 g/mol. The van der Waals surface area contributed by atoms with E-state index in [1.165, 1.54) is 6.07 Å². The Bertz CT molecular complexity index is 1260. The summed E-state index contributed by atoms with van der Waals surface area (Å²) in [7, 11) is 1.57. The summed E-state index contributed by atoms with van der Waals surface area (Å²) in [4.78, 5) is 48.3. The monoisotopic (exact) mass is 426 g/mol. The second-order valence-electron chi connectivity index (χ2n) is 7.51. The summed E-state index contributed by atoms with van der Waals surface area (Å²) in [6.07, 6.45) is 0. The van der Waals surface area contributed by atoms with E-state index in [1.54, 1.807) is 19.2 Å². The van der Waals surface area contributed by atoms with Gasteiger partial charge >= 0.3 is 5.69 Å². The number of aromatic nitrogens is 3. The van der Waals surface area contributed by atoms with Crippen LogP contribution in [-0.4, -0.2) is 59.0 Å². The van der Waals surface area contributed by atoms with E-state index >= 15 is 0 Å². The molecule has 3 aromatic rings. The average molecular weight is 426 g/mol. The number of hydrogen-bond acceptors (Lipinski definition) is 6. The lowest BCUT2D eigenvalue weighted by atomic mass is 10.1. The first-order valence-electron chi connectivity index (χ1n) is 9.98. The van der Waals surface area contributed by atoms with Crippen molar-refractivity contribution in [2.45, 2.75) is 13.5 Å². The summed E-state index contributed by atoms with van der Waals surface area (Å²) >= 11 is 0. The second kappa shape index (κ2) is 8.31. The van der Waals surface area contributed by atoms with Crippen LogP contribution in [0.3, 0.4) is 0 Å². The molecule has 0 radical (unpaired) electrons. The number of fused-ring (bicyclic) bond motifs is 1. The number of aromatic amines is 2. The summed E-state index contributed by atoms with van der Waals surface area (Å²) in [6.45, 7) is 5.12. The Kier molecular flexibility index (Phi) is 5.55. The highest BCUT2D eigenvalue weighted by atomic mass is 19.1. The summed E-state index contributed by atoms with van der Waals surface area (Å²) in [5.74, 6) is -0.798. The second-order valence-corrected chi connectivity index (χ2v) is 7.51. The Morgan fingerprint density at radius 2 is 1.87 bits per heavy atom. The lowest BCUT2D eigenvalue weighted by Crippen LogP contribution is -2.46. The number of H-pyrrole nitrogens is 2. The smallest absolute Gasteiger partial charge is 0.326 e. The van der Waals surface area contributed by atoms with Crippen LogP contribution in [0.25, 0.3) is 10.9 Å². The molecule has 162 valence electrons. The predicted molar refractivity (Wildman–Crippen MR) is 115 cm³/mol. The minimum atomic E-state index is -0.728. The minimum Gasteiger partial charge on any atom is -0.368 e. The molecule has 0 aliphatic carbocycles. The third-order valence-corrected chi connectivity index (χ3v) is 5.56. The number of nitrogens with zero attached hydrogens (tertiary/aromatic N) is 3. The van der Waals surface area contributed by atoms with Crippen LogP contribution in [0.15, 0.2) is 33.9 Å². The maximum atomic E-state index is 14.9. The lowest BCUT2D eigenvalue weighted by Gasteiger charge is -2.36. The molecule has 1 aromatic carbocycles. The van der Waals surface area contributed by atoms with Crippen LogP contribution in [0.1, 0.15) is 21.7 Å². The molecule has 3 heterocycles. The van der Waals surface area contributed by atoms with Gasteiger partial charge in [-0.2, -0.15) is 0 Å². The largest absolute Gasteiger partial charge is 0.368 e. The molecule has 1 aliphatic heterocycles. The van der Waals surface area contributed by atoms with Gasteiger partial charge in [-0.05, 0) is 25.1 Å². The minimum absolute atomic E-state index is 0.0669. The van der Waals surface area contributed by atoms with Crippen LogP contribution < -0.4 is 21.5 Å². The zero-order valence-corrected chi connectivity index (χ0v) is 17.3. The third-order valence-electron chi connectivity index (χ3n) is 5.56. The van der Waals surface area contributed by atoms with E-state index in [0.29, 0.717) is 30.9 Å². The Morgan fingerprint density at radius 1 is 1.13 bits per heavy atom. The summed E-state index contributed by atoms with van der Waals surface area (Å²) in [5, 5.41) is 2.69. The number of pyridine rings is 1. The number of carbonyl (C=O) groups is 1. The molecule has 0 atom stereocenters. The van der Waals surface area contributed by atoms with Crippen LogP contribution in [0.5, 0.6) is 0 Å². The van der Waals surface area contributed by atoms with Gasteiger partial charge in [-0.15, -0.1) is 0 Å². The molecule has 1 fully saturated rings. The van der Waals surface area contributed by atoms with Crippen molar-refractivity contribution in [1.82, 2.24) is 25.2 Å². The van der Waals surface area contributed by atoms with Crippen LogP contribution in [-0.2, 0) is 6.54 Å². The van der Waals surface area contributed by atoms with Crippen LogP contribution in [0.2, 0.25) is 0 Å². The van der Waals surface area contributed by atoms with Gasteiger partial charge in [0.2, 0.25) is 0 Å². The van der Waals surface area contributed by atoms with E-state index in [-0.39, 0.29) is 16.8 Å². The Morgan fingerprint density at radius 3 is 2.55 bits per heavy atom. The number of piperazine rings is 1. The van der Waals surface area contributed by atoms with Gasteiger partial charge in [0.25, 0.3) is 11.5 Å². The highest BCUT2D eigenvalue weighted by Gasteiger charge is 2.21. The zero-order valence-electron chi connectivity index (χ0n) is 17.3. The van der Waals surface area contributed by atoms with Gasteiger partial charge in [0.05, 0.1) is 22.3 Å². The van der Waals surface area contributed by atoms with E-state index < -0.39 is 17.1 Å². The van der Waals surface area contributed by atoms with E-state index in [1.807, 2.05) is 13.0 Å². The first kappa shape index (κ1) is 20.7. The summed E-state index contributed by atoms with van der Waals surface area (Å²) < 4.78 is 14.9. The van der Waals surface area contributed by atoms with Crippen molar-refractivity contribution in [3.05, 3.63) is 67.9 Å². The maximum Gasteiger partial charge on any atom is 0.326 e. The normalized spacial score (nSPS) is 14.7. The van der Waals surface area contributed by atoms with Crippen LogP contribution >= 0.6 is 0 Å². The van der Waals surface area contributed by atoms with E-state index in [2.05, 4.69) is 30.1 Å². The molecule has 1 amide bonds. The van der Waals surface area contributed by atoms with Crippen molar-refractivity contribution in [2.75, 3.05) is 38.1 Å². The van der Waals surface area contributed by atoms with Crippen molar-refractivity contribution >= 4 is 22.5 Å². The number of halogens is 1. The van der Waals surface area contributed by atoms with E-state index in [9.17, 15) is 18.8 Å². The van der Waals surface area contributed by atoms with Gasteiger partial charge in [0, 0.05) is 45.3 Å². The van der Waals surface area contributed by atoms with Gasteiger partial charge < -0.3 is 15.2 Å². The quantitative estimate of drug-likeness (QED) is 0.567. The topological polar surface area (TPSA) is 114 Å². The zero-order chi connectivity index (χ0) is 22.1. The van der Waals surface area contributed by atoms with Crippen molar-refractivity contribution < 1.29 is 9.18 Å². The molecule has 2 aromatic heterocycles. The Hall–Kier alpha value is -3.53. The number of benzene rings is 1. The molecule has 1 aliphatic rings. The van der Waals surface area contributed by atoms with Gasteiger partial charge in [-0.1, -0.05) is 6.07 Å². The first-order chi connectivity index (χ1) is 14.9. The number of rotatable bonds is 4. The lowest BCUT2D eigenvalue weighted by molar-refractivity contribution is 0.0958. The number of nitrogens with one attached hydrogen (secondary N) is 3. The van der Waals surface area contributed by atoms with Gasteiger partial charge in [-0.25, -0.2) is 14.2 Å². The molecule has 1 saturated heterocycles. The Labute approximate surface area is 176 Å². The van der Waals surface area contributed by atoms with E-state index in [0.717, 1.165) is 24.5 Å². The molecule has 10 heteroatoms. The van der Waals surface area contributed by atoms with Gasteiger partial charge in [0.15, 0.2) is 5.82 Å². The van der Waals surface area contributed by atoms with Crippen LogP contribution in [0, 0.1) is 12.7 Å². The highest BCUT2D eigenvalue weighted by Crippen LogP contribution is 2.22. The number of carbonyl (C=O) groups excluding carboxylic acids is 1. The summed E-state index contributed by atoms with van der Waals surface area (Å²) in [6, 6.07) is 6.73. The van der Waals surface area contributed by atoms with E-state index in [4.69, 9.17) is 0 Å². The molecular formula is C21H23FN6O3. The van der Waals surface area contributed by atoms with Crippen molar-refractivity contribution in [1.29, 1.82) is 0 Å². The first-order valence-corrected chi connectivity index (χ1v) is 9.98. The molecule has 0 saturated carbocycles. The molecule has 0 unspecified atom stereocenters. The third kappa shape index (κ3) is 4.06. The van der Waals surface area contributed by atoms with Crippen molar-refractivity contribution in [3.63, 3.8) is 0 Å². The predicted octanol–water partition coefficient (Wildman–Crippen LogP) is 0.741. The Balaban J connectivity index is 1.46. The molecule has 9 nitrogen and oxygen atoms in total. The maximum absolute atomic E-state index is 14.9. The average Bonchev–Trinajstić information content (AvgIpc) is 2.76. The van der Waals surface area contributed by atoms with Crippen LogP contribution in [0.4, 0.5) is 10.1 Å². The van der Waals surface area contributed by atoms with Gasteiger partial charge in [0.1, 0.15) is 5.69 Å². The molecule has 0 bridgehead atoms. The molecule has 3 N–H and O–H groups in total. The number of hydrogen-bond donors (Lipinski definition) is 3. The molecule has 31 heavy (non-hydrogen) atoms. The summed E-state index contributed by atoms with van der Waals surface area (Å²) in [5.41, 5.74) is 1.16. The number of aryl methyl sites for hydroxylation is 1. The number of anilines is 1. The molecule has 0 spiro atoms. The highest BCUT2D eigenvalue weighted by molar-refractivity contribution is 5.92. The standard InChI is InChI=1S/C21H23FN6O3/c1-12-16(6-5-15(24-12)20(30)23-2)28-9-7-27(8-10-28)11-13-3-4-14-18(17(13)22)25-21(31)26-19(14)29/h3-6H,7-11H2,1-2H3,(H,23,30)(H2,25,26,29,31). The fourth-order valence-electron chi connectivity index (χ4n) is 3.90. The van der Waals surface area contributed by atoms with Crippen molar-refractivity contribution in [3.8, 4) is 0 Å². The van der Waals surface area contributed by atoms with Crippen molar-refractivity contribution in [2.24, 2.45) is 0 Å². The SMILES string of the molecule is CNC(=O)c1ccc(N2CCN(Cc3ccc4c(=O)[nH]c(=O)[nH]c4c3F)CC2)c(C)n1. The van der Waals surface area contributed by atoms with Gasteiger partial charge in [-0.3, -0.25) is 19.5 Å².